The number of piperazine rings is 1. The lowest BCUT2D eigenvalue weighted by Crippen LogP contribution is -2.44. The molecular formula is C23H22BrFN4O2. The molecule has 0 unspecified atom stereocenters. The predicted octanol–water partition coefficient (Wildman–Crippen LogP) is 3.62. The Kier molecular flexibility index (Phi) is 6.29. The number of aromatic nitrogens is 2. The van der Waals surface area contributed by atoms with Crippen molar-refractivity contribution in [1.82, 2.24) is 14.9 Å². The van der Waals surface area contributed by atoms with Gasteiger partial charge >= 0.3 is 0 Å². The fraction of sp³-hybridized carbons (Fsp3) is 0.261. The van der Waals surface area contributed by atoms with E-state index in [4.69, 9.17) is 0 Å². The summed E-state index contributed by atoms with van der Waals surface area (Å²) in [6, 6.07) is 8.66. The monoisotopic (exact) mass is 484 g/mol. The number of hydrogen-bond acceptors (Lipinski definition) is 5. The maximum Gasteiger partial charge on any atom is 0.202 e. The summed E-state index contributed by atoms with van der Waals surface area (Å²) in [5, 5.41) is 3.34. The highest BCUT2D eigenvalue weighted by atomic mass is 79.9. The highest BCUT2D eigenvalue weighted by Gasteiger charge is 2.21. The molecule has 1 fully saturated rings. The Labute approximate surface area is 187 Å². The number of rotatable bonds is 5. The average Bonchev–Trinajstić information content (AvgIpc) is 2.79. The third-order valence-electron chi connectivity index (χ3n) is 5.30. The lowest BCUT2D eigenvalue weighted by Gasteiger charge is -2.29. The van der Waals surface area contributed by atoms with Gasteiger partial charge in [-0.3, -0.25) is 9.59 Å². The summed E-state index contributed by atoms with van der Waals surface area (Å²) in [4.78, 5) is 32.2. The molecule has 1 saturated heterocycles. The number of carbonyl (C=O) groups excluding carboxylic acids is 1. The number of nitrogens with one attached hydrogen (secondary N) is 1. The van der Waals surface area contributed by atoms with Crippen molar-refractivity contribution in [3.63, 3.8) is 0 Å². The van der Waals surface area contributed by atoms with Crippen LogP contribution in [0.1, 0.15) is 22.8 Å². The van der Waals surface area contributed by atoms with Gasteiger partial charge in [0, 0.05) is 43.4 Å². The smallest absolute Gasteiger partial charge is 0.202 e. The SMILES string of the molecule is CCn1cc(C(=O)C=Cc2ccc(Br)cc2)c(=O)c2cc(F)c(N3CCNCC3)nc21. The van der Waals surface area contributed by atoms with Gasteiger partial charge in [-0.05, 0) is 36.8 Å². The Hall–Kier alpha value is -2.84. The van der Waals surface area contributed by atoms with Gasteiger partial charge < -0.3 is 14.8 Å². The summed E-state index contributed by atoms with van der Waals surface area (Å²) in [5.41, 5.74) is 0.708. The molecule has 31 heavy (non-hydrogen) atoms. The van der Waals surface area contributed by atoms with Gasteiger partial charge in [0.2, 0.25) is 5.43 Å². The second-order valence-corrected chi connectivity index (χ2v) is 8.22. The van der Waals surface area contributed by atoms with Gasteiger partial charge in [-0.15, -0.1) is 0 Å². The molecule has 6 nitrogen and oxygen atoms in total. The number of fused-ring (bicyclic) bond motifs is 1. The van der Waals surface area contributed by atoms with E-state index in [2.05, 4.69) is 26.2 Å². The average molecular weight is 485 g/mol. The van der Waals surface area contributed by atoms with Crippen molar-refractivity contribution in [2.75, 3.05) is 31.1 Å². The molecule has 1 aliphatic rings. The number of nitrogens with zero attached hydrogens (tertiary/aromatic N) is 3. The van der Waals surface area contributed by atoms with Crippen LogP contribution in [0.15, 0.2) is 51.9 Å². The number of anilines is 1. The van der Waals surface area contributed by atoms with Crippen LogP contribution >= 0.6 is 15.9 Å². The summed E-state index contributed by atoms with van der Waals surface area (Å²) < 4.78 is 17.5. The largest absolute Gasteiger partial charge is 0.352 e. The number of halogens is 2. The molecule has 0 bridgehead atoms. The number of allylic oxidation sites excluding steroid dienone is 1. The van der Waals surface area contributed by atoms with Crippen LogP contribution in [0.4, 0.5) is 10.2 Å². The van der Waals surface area contributed by atoms with E-state index in [9.17, 15) is 14.0 Å². The van der Waals surface area contributed by atoms with E-state index in [1.54, 1.807) is 10.6 Å². The van der Waals surface area contributed by atoms with E-state index in [1.165, 1.54) is 18.3 Å². The third-order valence-corrected chi connectivity index (χ3v) is 5.83. The number of ketones is 1. The molecule has 0 aliphatic carbocycles. The Morgan fingerprint density at radius 3 is 2.65 bits per heavy atom. The van der Waals surface area contributed by atoms with E-state index in [-0.39, 0.29) is 16.8 Å². The summed E-state index contributed by atoms with van der Waals surface area (Å²) in [6.45, 7) is 5.17. The normalized spacial score (nSPS) is 14.5. The predicted molar refractivity (Wildman–Crippen MR) is 124 cm³/mol. The number of benzene rings is 1. The molecule has 0 amide bonds. The summed E-state index contributed by atoms with van der Waals surface area (Å²) >= 11 is 3.37. The second-order valence-electron chi connectivity index (χ2n) is 7.31. The van der Waals surface area contributed by atoms with Gasteiger partial charge in [0.15, 0.2) is 17.4 Å². The molecule has 0 saturated carbocycles. The maximum absolute atomic E-state index is 14.9. The zero-order valence-corrected chi connectivity index (χ0v) is 18.7. The van der Waals surface area contributed by atoms with Crippen molar-refractivity contribution in [1.29, 1.82) is 0 Å². The molecule has 4 rings (SSSR count). The first-order valence-corrected chi connectivity index (χ1v) is 10.9. The number of hydrogen-bond donors (Lipinski definition) is 1. The minimum atomic E-state index is -0.552. The summed E-state index contributed by atoms with van der Waals surface area (Å²) in [7, 11) is 0. The van der Waals surface area contributed by atoms with E-state index in [0.717, 1.165) is 23.1 Å². The van der Waals surface area contributed by atoms with Gasteiger partial charge in [0.1, 0.15) is 5.65 Å². The lowest BCUT2D eigenvalue weighted by molar-refractivity contribution is 0.104. The Balaban J connectivity index is 1.75. The van der Waals surface area contributed by atoms with Gasteiger partial charge in [-0.25, -0.2) is 9.37 Å². The van der Waals surface area contributed by atoms with Crippen LogP contribution in [0.25, 0.3) is 17.1 Å². The van der Waals surface area contributed by atoms with Crippen LogP contribution in [-0.4, -0.2) is 41.5 Å². The van der Waals surface area contributed by atoms with Crippen LogP contribution < -0.4 is 15.6 Å². The van der Waals surface area contributed by atoms with Crippen molar-refractivity contribution < 1.29 is 9.18 Å². The van der Waals surface area contributed by atoms with E-state index in [1.807, 2.05) is 36.1 Å². The first kappa shape index (κ1) is 21.4. The summed E-state index contributed by atoms with van der Waals surface area (Å²) in [5.74, 6) is -0.738. The van der Waals surface area contributed by atoms with Gasteiger partial charge in [-0.2, -0.15) is 0 Å². The highest BCUT2D eigenvalue weighted by Crippen LogP contribution is 2.22. The third kappa shape index (κ3) is 4.45. The molecule has 160 valence electrons. The van der Waals surface area contributed by atoms with Crippen molar-refractivity contribution >= 4 is 44.6 Å². The molecular weight excluding hydrogens is 463 g/mol. The Morgan fingerprint density at radius 1 is 1.26 bits per heavy atom. The number of aryl methyl sites for hydroxylation is 1. The zero-order valence-electron chi connectivity index (χ0n) is 17.1. The van der Waals surface area contributed by atoms with Crippen LogP contribution in [0.2, 0.25) is 0 Å². The maximum atomic E-state index is 14.9. The molecule has 1 N–H and O–H groups in total. The molecule has 0 spiro atoms. The number of carbonyl (C=O) groups is 1. The fourth-order valence-corrected chi connectivity index (χ4v) is 3.89. The lowest BCUT2D eigenvalue weighted by atomic mass is 10.1. The number of pyridine rings is 2. The quantitative estimate of drug-likeness (QED) is 0.442. The molecule has 3 aromatic rings. The van der Waals surface area contributed by atoms with Crippen LogP contribution in [-0.2, 0) is 6.54 Å². The van der Waals surface area contributed by atoms with Gasteiger partial charge in [0.05, 0.1) is 10.9 Å². The first-order chi connectivity index (χ1) is 15.0. The van der Waals surface area contributed by atoms with Gasteiger partial charge in [-0.1, -0.05) is 34.1 Å². The van der Waals surface area contributed by atoms with E-state index in [0.29, 0.717) is 25.3 Å². The van der Waals surface area contributed by atoms with Crippen LogP contribution in [0, 0.1) is 5.82 Å². The molecule has 2 aromatic heterocycles. The highest BCUT2D eigenvalue weighted by molar-refractivity contribution is 9.10. The second kappa shape index (κ2) is 9.11. The van der Waals surface area contributed by atoms with E-state index < -0.39 is 17.0 Å². The summed E-state index contributed by atoms with van der Waals surface area (Å²) in [6.07, 6.45) is 4.54. The minimum absolute atomic E-state index is 0.00108. The van der Waals surface area contributed by atoms with Crippen molar-refractivity contribution in [2.45, 2.75) is 13.5 Å². The molecule has 8 heteroatoms. The Bertz CT molecular complexity index is 1210. The van der Waals surface area contributed by atoms with Crippen LogP contribution in [0.5, 0.6) is 0 Å². The minimum Gasteiger partial charge on any atom is -0.352 e. The Morgan fingerprint density at radius 2 is 1.97 bits per heavy atom. The first-order valence-electron chi connectivity index (χ1n) is 10.1. The van der Waals surface area contributed by atoms with Crippen molar-refractivity contribution in [3.8, 4) is 0 Å². The fourth-order valence-electron chi connectivity index (χ4n) is 3.63. The molecule has 0 radical (unpaired) electrons. The van der Waals surface area contributed by atoms with E-state index >= 15 is 0 Å². The molecule has 1 aliphatic heterocycles. The molecule has 1 aromatic carbocycles. The zero-order chi connectivity index (χ0) is 22.0. The standard InChI is InChI=1S/C23H22BrFN4O2/c1-2-28-14-18(20(30)8-5-15-3-6-16(24)7-4-15)21(31)17-13-19(25)23(27-22(17)28)29-11-9-26-10-12-29/h3-8,13-14,26H,2,9-12H2,1H3. The molecule has 3 heterocycles. The molecule has 0 atom stereocenters. The van der Waals surface area contributed by atoms with Gasteiger partial charge in [0.25, 0.3) is 0 Å². The van der Waals surface area contributed by atoms with Crippen molar-refractivity contribution in [2.24, 2.45) is 0 Å². The topological polar surface area (TPSA) is 67.2 Å². The van der Waals surface area contributed by atoms with Crippen molar-refractivity contribution in [3.05, 3.63) is 74.2 Å². The van der Waals surface area contributed by atoms with Crippen LogP contribution in [0.3, 0.4) is 0 Å².